The highest BCUT2D eigenvalue weighted by Crippen LogP contribution is 2.64. The molecule has 23 heteroatoms. The van der Waals surface area contributed by atoms with Crippen molar-refractivity contribution < 1.29 is 96.2 Å². The number of carbonyl (C=O) groups excluding carboxylic acids is 10. The molecular weight excluding hydrogens is 1090 g/mol. The Hall–Kier alpha value is -7.96. The Labute approximate surface area is 484 Å². The van der Waals surface area contributed by atoms with Gasteiger partial charge in [-0.1, -0.05) is 80.6 Å². The summed E-state index contributed by atoms with van der Waals surface area (Å²) < 4.78 is 42.4. The number of imide groups is 1. The smallest absolute Gasteiger partial charge is 0.350 e. The molecule has 8 rings (SSSR count). The van der Waals surface area contributed by atoms with Gasteiger partial charge in [0.2, 0.25) is 12.0 Å². The summed E-state index contributed by atoms with van der Waals surface area (Å²) in [4.78, 5) is 142. The molecule has 1 unspecified atom stereocenters. The zero-order chi connectivity index (χ0) is 60.7. The zero-order valence-corrected chi connectivity index (χ0v) is 47.4. The number of carbonyl (C=O) groups is 10. The number of amides is 4. The molecule has 0 spiro atoms. The van der Waals surface area contributed by atoms with Crippen molar-refractivity contribution in [1.82, 2.24) is 15.7 Å². The monoisotopic (exact) mass is 1160 g/mol. The van der Waals surface area contributed by atoms with Crippen LogP contribution in [0.3, 0.4) is 0 Å². The normalized spacial score (nSPS) is 27.3. The molecule has 0 radical (unpaired) electrons. The second kappa shape index (κ2) is 25.9. The number of nitrogens with zero attached hydrogens (tertiary/aromatic N) is 1. The number of ether oxygens (including phenoxy) is 7. The van der Waals surface area contributed by atoms with Crippen molar-refractivity contribution in [1.29, 1.82) is 0 Å². The Bertz CT molecular complexity index is 3060. The van der Waals surface area contributed by atoms with Crippen molar-refractivity contribution in [3.63, 3.8) is 0 Å². The summed E-state index contributed by atoms with van der Waals surface area (Å²) in [5.74, 6) is -9.76. The molecule has 84 heavy (non-hydrogen) atoms. The van der Waals surface area contributed by atoms with E-state index in [2.05, 4.69) is 10.6 Å². The molecule has 2 saturated carbocycles. The molecule has 1 saturated heterocycles. The molecule has 3 aromatic rings. The number of hydrogen-bond acceptors (Lipinski definition) is 20. The van der Waals surface area contributed by atoms with Gasteiger partial charge in [-0.25, -0.2) is 9.59 Å². The second-order valence-electron chi connectivity index (χ2n) is 22.1. The maximum atomic E-state index is 15.8. The van der Waals surface area contributed by atoms with Gasteiger partial charge in [-0.3, -0.25) is 43.2 Å². The molecule has 3 aliphatic carbocycles. The van der Waals surface area contributed by atoms with E-state index in [0.29, 0.717) is 10.6 Å². The third-order valence-electron chi connectivity index (χ3n) is 16.5. The van der Waals surface area contributed by atoms with Gasteiger partial charge in [0.25, 0.3) is 17.7 Å². The Kier molecular flexibility index (Phi) is 19.1. The number of fused-ring (bicyclic) bond motifs is 5. The van der Waals surface area contributed by atoms with Crippen LogP contribution in [-0.2, 0) is 76.4 Å². The molecule has 448 valence electrons. The number of aliphatic hydroxyl groups is 2. The van der Waals surface area contributed by atoms with Crippen molar-refractivity contribution in [2.45, 2.75) is 134 Å². The molecule has 3 aromatic carbocycles. The number of hydroxylamine groups is 2. The number of ketones is 1. The average molecular weight is 1160 g/mol. The number of esters is 5. The van der Waals surface area contributed by atoms with Crippen LogP contribution in [0.25, 0.3) is 0 Å². The standard InChI is InChI=1S/C61H69N3O20/c1-35-41(33-61(76)54(83-56(74)40-22-14-9-15-23-40)52-59(6,42(67)32-43-60(52,34-78-43)84-37(3)66)53(72)50(80-36(2)65)48(35)58(61,4)5)81-57(75)51(49(38-18-10-7-11-19-38)63-55(73)39-20-12-8-13-21-39)82-47(71)25-17-16-24-44(68)62-28-29-77-30-31-79-64-45(69)26-27-46(64)70/h7-15,18-23,26-27,41-43,49-52,54,67,76H,16-17,24-25,28-34H2,1-6H3,(H,62,68)(H,63,73)/t41-,42-,43+,49-,50+,51+,52?,54-,59+,60-,61+/m0/s1. The minimum atomic E-state index is -2.51. The quantitative estimate of drug-likeness (QED) is 0.0345. The Balaban J connectivity index is 1.11. The van der Waals surface area contributed by atoms with E-state index in [4.69, 9.17) is 38.0 Å². The lowest BCUT2D eigenvalue weighted by Crippen LogP contribution is -2.82. The van der Waals surface area contributed by atoms with Crippen LogP contribution in [0.15, 0.2) is 114 Å². The van der Waals surface area contributed by atoms with Gasteiger partial charge in [0.05, 0.1) is 49.4 Å². The molecule has 2 heterocycles. The van der Waals surface area contributed by atoms with Crippen molar-refractivity contribution in [2.75, 3.05) is 33.0 Å². The number of Topliss-reactive ketones (excluding diaryl/α,β-unsaturated/α-hetero) is 1. The van der Waals surface area contributed by atoms with E-state index in [1.54, 1.807) is 66.7 Å². The average Bonchev–Trinajstić information content (AvgIpc) is 0.731. The summed E-state index contributed by atoms with van der Waals surface area (Å²) >= 11 is 0. The molecule has 2 bridgehead atoms. The number of nitrogens with one attached hydrogen (secondary N) is 2. The first-order chi connectivity index (χ1) is 39.9. The van der Waals surface area contributed by atoms with E-state index in [1.165, 1.54) is 52.0 Å². The van der Waals surface area contributed by atoms with Crippen LogP contribution in [0.5, 0.6) is 0 Å². The minimum Gasteiger partial charge on any atom is -0.455 e. The van der Waals surface area contributed by atoms with Crippen LogP contribution in [-0.4, -0.2) is 155 Å². The fourth-order valence-corrected chi connectivity index (χ4v) is 12.2. The van der Waals surface area contributed by atoms with Gasteiger partial charge in [0.1, 0.15) is 30.0 Å². The van der Waals surface area contributed by atoms with Crippen molar-refractivity contribution in [3.8, 4) is 0 Å². The highest BCUT2D eigenvalue weighted by atomic mass is 16.7. The van der Waals surface area contributed by atoms with E-state index in [-0.39, 0.29) is 93.3 Å². The Morgan fingerprint density at radius 3 is 2.00 bits per heavy atom. The van der Waals surface area contributed by atoms with Gasteiger partial charge in [0, 0.05) is 69.2 Å². The molecule has 11 atom stereocenters. The van der Waals surface area contributed by atoms with E-state index in [9.17, 15) is 48.6 Å². The van der Waals surface area contributed by atoms with E-state index in [1.807, 2.05) is 0 Å². The molecular formula is C61H69N3O20. The number of aliphatic hydroxyl groups excluding tert-OH is 1. The maximum absolute atomic E-state index is 15.8. The SMILES string of the molecule is CC(=O)O[C@H]1C(=O)[C@@]2(C)C([C@H](OC(=O)c3ccccc3)[C@]3(O)C[C@H](OC(=O)[C@H](OC(=O)CCCCC(=O)NCCOCCON4C(=O)C=CC4=O)[C@@H](NC(=O)c4ccccc4)c4ccccc4)C(C)=C1C3(C)C)[C@]1(OC(C)=O)CO[C@@H]1C[C@@H]2O. The number of hydrogen-bond donors (Lipinski definition) is 4. The topological polar surface area (TPSA) is 312 Å². The minimum absolute atomic E-state index is 0.0180. The number of unbranched alkanes of at least 4 members (excludes halogenated alkanes) is 1. The van der Waals surface area contributed by atoms with Crippen LogP contribution >= 0.6 is 0 Å². The molecule has 3 fully saturated rings. The Morgan fingerprint density at radius 2 is 1.39 bits per heavy atom. The predicted octanol–water partition coefficient (Wildman–Crippen LogP) is 3.84. The summed E-state index contributed by atoms with van der Waals surface area (Å²) in [6.07, 6.45) is -9.00. The van der Waals surface area contributed by atoms with E-state index in [0.717, 1.165) is 26.0 Å². The fourth-order valence-electron chi connectivity index (χ4n) is 12.2. The highest BCUT2D eigenvalue weighted by molar-refractivity contribution is 6.11. The molecule has 0 aromatic heterocycles. The van der Waals surface area contributed by atoms with Gasteiger partial charge in [0.15, 0.2) is 17.5 Å². The summed E-state index contributed by atoms with van der Waals surface area (Å²) in [6, 6.07) is 22.4. The lowest BCUT2D eigenvalue weighted by molar-refractivity contribution is -0.346. The largest absolute Gasteiger partial charge is 0.455 e. The number of benzene rings is 3. The van der Waals surface area contributed by atoms with Crippen LogP contribution in [0.4, 0.5) is 0 Å². The van der Waals surface area contributed by atoms with Gasteiger partial charge >= 0.3 is 29.8 Å². The predicted molar refractivity (Wildman–Crippen MR) is 291 cm³/mol. The molecule has 23 nitrogen and oxygen atoms in total. The van der Waals surface area contributed by atoms with Crippen LogP contribution in [0, 0.1) is 16.7 Å². The summed E-state index contributed by atoms with van der Waals surface area (Å²) in [5, 5.41) is 32.4. The first-order valence-electron chi connectivity index (χ1n) is 27.7. The maximum Gasteiger partial charge on any atom is 0.350 e. The van der Waals surface area contributed by atoms with E-state index >= 15 is 9.59 Å². The Morgan fingerprint density at radius 1 is 0.774 bits per heavy atom. The van der Waals surface area contributed by atoms with Crippen molar-refractivity contribution in [3.05, 3.63) is 131 Å². The highest BCUT2D eigenvalue weighted by Gasteiger charge is 2.78. The third-order valence-corrected chi connectivity index (χ3v) is 16.5. The zero-order valence-electron chi connectivity index (χ0n) is 47.4. The van der Waals surface area contributed by atoms with Gasteiger partial charge in [-0.15, -0.1) is 5.06 Å². The van der Waals surface area contributed by atoms with E-state index < -0.39 is 130 Å². The van der Waals surface area contributed by atoms with Gasteiger partial charge < -0.3 is 54.0 Å². The lowest BCUT2D eigenvalue weighted by atomic mass is 9.44. The summed E-state index contributed by atoms with van der Waals surface area (Å²) in [7, 11) is 0. The molecule has 4 amide bonds. The fraction of sp³-hybridized carbons (Fsp3) is 0.475. The molecule has 4 N–H and O–H groups in total. The molecule has 2 aliphatic heterocycles. The second-order valence-corrected chi connectivity index (χ2v) is 22.1. The lowest BCUT2D eigenvalue weighted by Gasteiger charge is -2.67. The van der Waals surface area contributed by atoms with Crippen molar-refractivity contribution >= 4 is 59.3 Å². The first kappa shape index (κ1) is 62.1. The third kappa shape index (κ3) is 12.6. The van der Waals surface area contributed by atoms with Gasteiger partial charge in [-0.05, 0) is 67.7 Å². The van der Waals surface area contributed by atoms with Crippen molar-refractivity contribution in [2.24, 2.45) is 16.7 Å². The van der Waals surface area contributed by atoms with Gasteiger partial charge in [-0.2, -0.15) is 0 Å². The van der Waals surface area contributed by atoms with Crippen LogP contribution in [0.1, 0.15) is 112 Å². The number of rotatable bonds is 23. The molecule has 5 aliphatic rings. The van der Waals surface area contributed by atoms with Crippen LogP contribution < -0.4 is 10.6 Å². The first-order valence-corrected chi connectivity index (χ1v) is 27.7. The summed E-state index contributed by atoms with van der Waals surface area (Å²) in [6.45, 7) is 7.88. The van der Waals surface area contributed by atoms with Crippen LogP contribution in [0.2, 0.25) is 0 Å². The summed E-state index contributed by atoms with van der Waals surface area (Å²) in [5.41, 5.74) is -7.76.